The molecule has 1 atom stereocenters. The Morgan fingerprint density at radius 2 is 1.82 bits per heavy atom. The summed E-state index contributed by atoms with van der Waals surface area (Å²) in [6, 6.07) is 15.3. The first-order valence-corrected chi connectivity index (χ1v) is 10.5. The number of aromatic nitrogens is 1. The van der Waals surface area contributed by atoms with E-state index in [1.165, 1.54) is 32.0 Å². The van der Waals surface area contributed by atoms with Gasteiger partial charge in [0, 0.05) is 25.2 Å². The molecule has 1 N–H and O–H groups in total. The number of nitrogens with one attached hydrogen (secondary N) is 1. The summed E-state index contributed by atoms with van der Waals surface area (Å²) in [5, 5.41) is 2.69. The molecule has 8 heteroatoms. The minimum Gasteiger partial charge on any atom is -0.461 e. The second-order valence-corrected chi connectivity index (χ2v) is 7.35. The quantitative estimate of drug-likeness (QED) is 0.512. The first kappa shape index (κ1) is 23.7. The number of nitrogens with zero attached hydrogens (tertiary/aromatic N) is 1. The molecule has 0 saturated heterocycles. The molecule has 0 bridgehead atoms. The van der Waals surface area contributed by atoms with E-state index in [0.29, 0.717) is 17.7 Å². The monoisotopic (exact) mass is 452 g/mol. The van der Waals surface area contributed by atoms with Gasteiger partial charge in [-0.15, -0.1) is 0 Å². The molecule has 3 aromatic rings. The first-order valence-electron chi connectivity index (χ1n) is 10.5. The lowest BCUT2D eigenvalue weighted by molar-refractivity contribution is -0.150. The Labute approximate surface area is 191 Å². The molecular weight excluding hydrogens is 427 g/mol. The molecule has 1 aromatic heterocycles. The first-order chi connectivity index (χ1) is 15.8. The van der Waals surface area contributed by atoms with Crippen molar-refractivity contribution in [3.05, 3.63) is 77.9 Å². The normalized spacial score (nSPS) is 11.5. The van der Waals surface area contributed by atoms with Crippen molar-refractivity contribution >= 4 is 23.5 Å². The fourth-order valence-corrected chi connectivity index (χ4v) is 3.41. The summed E-state index contributed by atoms with van der Waals surface area (Å²) in [7, 11) is 0. The van der Waals surface area contributed by atoms with Crippen molar-refractivity contribution in [2.45, 2.75) is 33.4 Å². The van der Waals surface area contributed by atoms with Crippen LogP contribution in [0.5, 0.6) is 0 Å². The van der Waals surface area contributed by atoms with Gasteiger partial charge in [-0.25, -0.2) is 9.18 Å². The van der Waals surface area contributed by atoms with Gasteiger partial charge < -0.3 is 19.4 Å². The molecule has 7 nitrogen and oxygen atoms in total. The van der Waals surface area contributed by atoms with Crippen molar-refractivity contribution in [1.29, 1.82) is 0 Å². The van der Waals surface area contributed by atoms with Crippen LogP contribution in [-0.2, 0) is 25.6 Å². The van der Waals surface area contributed by atoms with Crippen LogP contribution < -0.4 is 5.32 Å². The predicted molar refractivity (Wildman–Crippen MR) is 121 cm³/mol. The molecule has 0 unspecified atom stereocenters. The molecule has 0 spiro atoms. The molecule has 0 aliphatic heterocycles. The summed E-state index contributed by atoms with van der Waals surface area (Å²) >= 11 is 0. The zero-order chi connectivity index (χ0) is 24.0. The topological polar surface area (TPSA) is 86.6 Å². The van der Waals surface area contributed by atoms with Crippen molar-refractivity contribution in [1.82, 2.24) is 4.57 Å². The van der Waals surface area contributed by atoms with E-state index < -0.39 is 29.8 Å². The molecule has 0 aliphatic carbocycles. The highest BCUT2D eigenvalue weighted by molar-refractivity contribution is 6.06. The third kappa shape index (κ3) is 5.85. The molecular formula is C25H25FN2O5. The number of carbonyl (C=O) groups is 3. The summed E-state index contributed by atoms with van der Waals surface area (Å²) in [5.41, 5.74) is 2.05. The van der Waals surface area contributed by atoms with Crippen molar-refractivity contribution in [2.24, 2.45) is 0 Å². The van der Waals surface area contributed by atoms with Crippen LogP contribution in [0.4, 0.5) is 10.1 Å². The fourth-order valence-electron chi connectivity index (χ4n) is 3.41. The third-order valence-electron chi connectivity index (χ3n) is 4.84. The van der Waals surface area contributed by atoms with Gasteiger partial charge in [-0.3, -0.25) is 9.59 Å². The van der Waals surface area contributed by atoms with Crippen molar-refractivity contribution in [3.63, 3.8) is 0 Å². The number of carbonyl (C=O) groups excluding carboxylic acids is 3. The molecule has 0 radical (unpaired) electrons. The van der Waals surface area contributed by atoms with E-state index >= 15 is 0 Å². The van der Waals surface area contributed by atoms with Gasteiger partial charge in [0.1, 0.15) is 5.82 Å². The number of amides is 1. The molecule has 2 aromatic carbocycles. The zero-order valence-corrected chi connectivity index (χ0v) is 18.6. The number of hydrogen-bond acceptors (Lipinski definition) is 5. The van der Waals surface area contributed by atoms with E-state index in [-0.39, 0.29) is 18.0 Å². The molecule has 33 heavy (non-hydrogen) atoms. The Morgan fingerprint density at radius 3 is 2.45 bits per heavy atom. The number of halogens is 1. The van der Waals surface area contributed by atoms with E-state index in [0.717, 1.165) is 5.56 Å². The molecule has 172 valence electrons. The SMILES string of the molecule is CCOC(=O)c1c(NC(=O)[C@H](C)OC(C)=O)c(-c2cccc(F)c2)cn1Cc1ccccc1. The maximum atomic E-state index is 14.0. The van der Waals surface area contributed by atoms with Crippen molar-refractivity contribution in [2.75, 3.05) is 11.9 Å². The Morgan fingerprint density at radius 1 is 1.09 bits per heavy atom. The second kappa shape index (κ2) is 10.6. The summed E-state index contributed by atoms with van der Waals surface area (Å²) in [4.78, 5) is 37.0. The Kier molecular flexibility index (Phi) is 7.61. The van der Waals surface area contributed by atoms with Crippen molar-refractivity contribution < 1.29 is 28.2 Å². The van der Waals surface area contributed by atoms with Gasteiger partial charge in [-0.1, -0.05) is 42.5 Å². The number of rotatable bonds is 8. The predicted octanol–water partition coefficient (Wildman–Crippen LogP) is 4.41. The average molecular weight is 452 g/mol. The second-order valence-electron chi connectivity index (χ2n) is 7.35. The van der Waals surface area contributed by atoms with Crippen LogP contribution in [0.25, 0.3) is 11.1 Å². The van der Waals surface area contributed by atoms with E-state index in [1.54, 1.807) is 23.8 Å². The highest BCUT2D eigenvalue weighted by atomic mass is 19.1. The standard InChI is InChI=1S/C25H25FN2O5/c1-4-32-25(31)23-22(27-24(30)16(2)33-17(3)29)21(19-11-8-12-20(26)13-19)15-28(23)14-18-9-6-5-7-10-18/h5-13,15-16H,4,14H2,1-3H3,(H,27,30)/t16-/m0/s1. The lowest BCUT2D eigenvalue weighted by Gasteiger charge is -2.15. The van der Waals surface area contributed by atoms with Gasteiger partial charge in [0.05, 0.1) is 12.3 Å². The number of anilines is 1. The third-order valence-corrected chi connectivity index (χ3v) is 4.84. The van der Waals surface area contributed by atoms with Gasteiger partial charge in [-0.05, 0) is 37.1 Å². The minimum atomic E-state index is -1.10. The molecule has 0 saturated carbocycles. The fraction of sp³-hybridized carbons (Fsp3) is 0.240. The van der Waals surface area contributed by atoms with Crippen LogP contribution in [0.1, 0.15) is 36.8 Å². The maximum absolute atomic E-state index is 14.0. The van der Waals surface area contributed by atoms with Crippen LogP contribution in [-0.4, -0.2) is 35.1 Å². The van der Waals surface area contributed by atoms with E-state index in [9.17, 15) is 18.8 Å². The maximum Gasteiger partial charge on any atom is 0.357 e. The van der Waals surface area contributed by atoms with Gasteiger partial charge in [-0.2, -0.15) is 0 Å². The van der Waals surface area contributed by atoms with Gasteiger partial charge in [0.15, 0.2) is 11.8 Å². The Bertz CT molecular complexity index is 1160. The van der Waals surface area contributed by atoms with E-state index in [1.807, 2.05) is 30.3 Å². The van der Waals surface area contributed by atoms with E-state index in [2.05, 4.69) is 5.32 Å². The molecule has 1 heterocycles. The largest absolute Gasteiger partial charge is 0.461 e. The highest BCUT2D eigenvalue weighted by Crippen LogP contribution is 2.35. The minimum absolute atomic E-state index is 0.100. The summed E-state index contributed by atoms with van der Waals surface area (Å²) in [6.07, 6.45) is 0.565. The zero-order valence-electron chi connectivity index (χ0n) is 18.6. The number of esters is 2. The smallest absolute Gasteiger partial charge is 0.357 e. The molecule has 0 fully saturated rings. The highest BCUT2D eigenvalue weighted by Gasteiger charge is 2.27. The number of ether oxygens (including phenoxy) is 2. The van der Waals surface area contributed by atoms with E-state index in [4.69, 9.17) is 9.47 Å². The lowest BCUT2D eigenvalue weighted by atomic mass is 10.1. The number of benzene rings is 2. The van der Waals surface area contributed by atoms with Crippen LogP contribution in [0, 0.1) is 5.82 Å². The molecule has 1 amide bonds. The van der Waals surface area contributed by atoms with Gasteiger partial charge in [0.2, 0.25) is 0 Å². The van der Waals surface area contributed by atoms with Crippen LogP contribution in [0.15, 0.2) is 60.8 Å². The summed E-state index contributed by atoms with van der Waals surface area (Å²) in [6.45, 7) is 4.73. The van der Waals surface area contributed by atoms with Crippen LogP contribution in [0.2, 0.25) is 0 Å². The summed E-state index contributed by atoms with van der Waals surface area (Å²) < 4.78 is 25.9. The van der Waals surface area contributed by atoms with Crippen molar-refractivity contribution in [3.8, 4) is 11.1 Å². The molecule has 0 aliphatic rings. The van der Waals surface area contributed by atoms with Crippen LogP contribution >= 0.6 is 0 Å². The van der Waals surface area contributed by atoms with Crippen LogP contribution in [0.3, 0.4) is 0 Å². The Hall–Kier alpha value is -3.94. The Balaban J connectivity index is 2.15. The summed E-state index contributed by atoms with van der Waals surface area (Å²) in [5.74, 6) is -2.36. The van der Waals surface area contributed by atoms with Gasteiger partial charge in [0.25, 0.3) is 5.91 Å². The number of hydrogen-bond donors (Lipinski definition) is 1. The lowest BCUT2D eigenvalue weighted by Crippen LogP contribution is -2.30. The average Bonchev–Trinajstić information content (AvgIpc) is 3.11. The van der Waals surface area contributed by atoms with Gasteiger partial charge >= 0.3 is 11.9 Å². The molecule has 3 rings (SSSR count).